The third kappa shape index (κ3) is 5.79. The third-order valence-electron chi connectivity index (χ3n) is 3.18. The Morgan fingerprint density at radius 2 is 1.40 bits per heavy atom. The van der Waals surface area contributed by atoms with Gasteiger partial charge in [-0.15, -0.1) is 0 Å². The molecule has 0 saturated carbocycles. The van der Waals surface area contributed by atoms with Crippen molar-refractivity contribution < 1.29 is 0 Å². The molecule has 0 spiro atoms. The maximum Gasteiger partial charge on any atom is 0.0110 e. The van der Waals surface area contributed by atoms with Gasteiger partial charge in [-0.05, 0) is 31.7 Å². The number of nitrogens with zero attached hydrogens (tertiary/aromatic N) is 2. The predicted octanol–water partition coefficient (Wildman–Crippen LogP) is 2.11. The minimum absolute atomic E-state index is 1.02. The Morgan fingerprint density at radius 3 is 1.87 bits per heavy atom. The Balaban J connectivity index is 2.02. The molecule has 0 aliphatic carbocycles. The van der Waals surface area contributed by atoms with Crippen molar-refractivity contribution in [2.45, 2.75) is 32.6 Å². The molecule has 1 rings (SSSR count). The van der Waals surface area contributed by atoms with Crippen LogP contribution < -0.4 is 0 Å². The van der Waals surface area contributed by atoms with Crippen LogP contribution in [-0.4, -0.2) is 54.8 Å². The molecule has 1 saturated heterocycles. The largest absolute Gasteiger partial charge is 0.301 e. The summed E-state index contributed by atoms with van der Waals surface area (Å²) in [6.45, 7) is 9.91. The number of piperazine rings is 1. The van der Waals surface area contributed by atoms with Crippen LogP contribution in [0.1, 0.15) is 32.6 Å². The van der Waals surface area contributed by atoms with Crippen LogP contribution in [0.15, 0.2) is 0 Å². The molecule has 15 heavy (non-hydrogen) atoms. The highest BCUT2D eigenvalue weighted by Gasteiger charge is 2.15. The normalized spacial score (nSPS) is 19.6. The van der Waals surface area contributed by atoms with Crippen molar-refractivity contribution in [3.05, 3.63) is 0 Å². The number of hydrogen-bond donors (Lipinski definition) is 1. The van der Waals surface area contributed by atoms with Crippen molar-refractivity contribution in [2.75, 3.05) is 45.0 Å². The summed E-state index contributed by atoms with van der Waals surface area (Å²) in [5.41, 5.74) is 0. The Labute approximate surface area is 100 Å². The molecule has 1 aliphatic rings. The molecule has 0 unspecified atom stereocenters. The average Bonchev–Trinajstić information content (AvgIpc) is 2.28. The lowest BCUT2D eigenvalue weighted by Gasteiger charge is -2.34. The molecule has 2 nitrogen and oxygen atoms in total. The van der Waals surface area contributed by atoms with E-state index in [2.05, 4.69) is 29.4 Å². The van der Waals surface area contributed by atoms with Crippen LogP contribution in [0, 0.1) is 0 Å². The highest BCUT2D eigenvalue weighted by atomic mass is 32.1. The van der Waals surface area contributed by atoms with Gasteiger partial charge < -0.3 is 9.80 Å². The second-order valence-electron chi connectivity index (χ2n) is 4.47. The topological polar surface area (TPSA) is 6.48 Å². The average molecular weight is 230 g/mol. The fraction of sp³-hybridized carbons (Fsp3) is 1.00. The Hall–Kier alpha value is 0.270. The zero-order chi connectivity index (χ0) is 10.9. The number of hydrogen-bond acceptors (Lipinski definition) is 3. The minimum atomic E-state index is 1.02. The predicted molar refractivity (Wildman–Crippen MR) is 70.9 cm³/mol. The van der Waals surface area contributed by atoms with E-state index in [1.807, 2.05) is 0 Å². The van der Waals surface area contributed by atoms with Crippen molar-refractivity contribution in [1.29, 1.82) is 0 Å². The van der Waals surface area contributed by atoms with Crippen molar-refractivity contribution in [2.24, 2.45) is 0 Å². The molecule has 0 atom stereocenters. The van der Waals surface area contributed by atoms with Crippen molar-refractivity contribution in [1.82, 2.24) is 9.80 Å². The zero-order valence-electron chi connectivity index (χ0n) is 10.1. The van der Waals surface area contributed by atoms with Gasteiger partial charge in [-0.1, -0.05) is 19.8 Å². The van der Waals surface area contributed by atoms with E-state index in [-0.39, 0.29) is 0 Å². The lowest BCUT2D eigenvalue weighted by molar-refractivity contribution is 0.131. The van der Waals surface area contributed by atoms with Crippen LogP contribution in [0.5, 0.6) is 0 Å². The summed E-state index contributed by atoms with van der Waals surface area (Å²) < 4.78 is 0. The summed E-state index contributed by atoms with van der Waals surface area (Å²) in [6.07, 6.45) is 5.34. The summed E-state index contributed by atoms with van der Waals surface area (Å²) in [4.78, 5) is 5.19. The molecule has 3 heteroatoms. The van der Waals surface area contributed by atoms with Crippen LogP contribution in [0.4, 0.5) is 0 Å². The summed E-state index contributed by atoms with van der Waals surface area (Å²) in [5, 5.41) is 0. The van der Waals surface area contributed by atoms with Gasteiger partial charge in [0.05, 0.1) is 0 Å². The summed E-state index contributed by atoms with van der Waals surface area (Å²) in [7, 11) is 0. The van der Waals surface area contributed by atoms with Gasteiger partial charge in [0.1, 0.15) is 0 Å². The molecule has 0 aromatic rings. The minimum Gasteiger partial charge on any atom is -0.301 e. The van der Waals surface area contributed by atoms with Crippen LogP contribution >= 0.6 is 12.6 Å². The van der Waals surface area contributed by atoms with Gasteiger partial charge in [0, 0.05) is 26.2 Å². The summed E-state index contributed by atoms with van der Waals surface area (Å²) in [5.74, 6) is 1.02. The van der Waals surface area contributed by atoms with Gasteiger partial charge in [-0.2, -0.15) is 12.6 Å². The van der Waals surface area contributed by atoms with E-state index in [4.69, 9.17) is 0 Å². The SMILES string of the molecule is CCCCCN1CCN(CCCS)CC1. The van der Waals surface area contributed by atoms with Crippen molar-refractivity contribution in [3.8, 4) is 0 Å². The second kappa shape index (κ2) is 8.43. The van der Waals surface area contributed by atoms with Crippen LogP contribution in [0.2, 0.25) is 0 Å². The summed E-state index contributed by atoms with van der Waals surface area (Å²) >= 11 is 4.26. The standard InChI is InChI=1S/C12H26N2S/c1-2-3-4-6-13-8-10-14(11-9-13)7-5-12-15/h15H,2-12H2,1H3. The molecule has 0 aromatic heterocycles. The highest BCUT2D eigenvalue weighted by molar-refractivity contribution is 7.80. The molecule has 0 aromatic carbocycles. The Morgan fingerprint density at radius 1 is 0.867 bits per heavy atom. The van der Waals surface area contributed by atoms with Gasteiger partial charge in [0.25, 0.3) is 0 Å². The van der Waals surface area contributed by atoms with Crippen molar-refractivity contribution >= 4 is 12.6 Å². The number of unbranched alkanes of at least 4 members (excludes halogenated alkanes) is 2. The quantitative estimate of drug-likeness (QED) is 0.529. The molecule has 1 fully saturated rings. The van der Waals surface area contributed by atoms with E-state index in [1.165, 1.54) is 65.0 Å². The van der Waals surface area contributed by atoms with Gasteiger partial charge >= 0.3 is 0 Å². The number of thiol groups is 1. The van der Waals surface area contributed by atoms with Crippen LogP contribution in [-0.2, 0) is 0 Å². The van der Waals surface area contributed by atoms with E-state index < -0.39 is 0 Å². The fourth-order valence-electron chi connectivity index (χ4n) is 2.12. The van der Waals surface area contributed by atoms with Gasteiger partial charge in [0.2, 0.25) is 0 Å². The first-order valence-corrected chi connectivity index (χ1v) is 7.05. The maximum atomic E-state index is 4.26. The van der Waals surface area contributed by atoms with E-state index in [9.17, 15) is 0 Å². The van der Waals surface area contributed by atoms with Gasteiger partial charge in [-0.3, -0.25) is 0 Å². The first kappa shape index (κ1) is 13.3. The van der Waals surface area contributed by atoms with E-state index >= 15 is 0 Å². The first-order chi connectivity index (χ1) is 7.36. The van der Waals surface area contributed by atoms with Crippen molar-refractivity contribution in [3.63, 3.8) is 0 Å². The van der Waals surface area contributed by atoms with E-state index in [0.717, 1.165) is 5.75 Å². The lowest BCUT2D eigenvalue weighted by atomic mass is 10.2. The van der Waals surface area contributed by atoms with Gasteiger partial charge in [-0.25, -0.2) is 0 Å². The molecule has 0 amide bonds. The third-order valence-corrected chi connectivity index (χ3v) is 3.49. The Bertz CT molecular complexity index is 145. The highest BCUT2D eigenvalue weighted by Crippen LogP contribution is 2.05. The zero-order valence-corrected chi connectivity index (χ0v) is 11.0. The summed E-state index contributed by atoms with van der Waals surface area (Å²) in [6, 6.07) is 0. The molecule has 0 radical (unpaired) electrons. The monoisotopic (exact) mass is 230 g/mol. The molecular weight excluding hydrogens is 204 g/mol. The maximum absolute atomic E-state index is 4.26. The molecular formula is C12H26N2S. The molecule has 90 valence electrons. The van der Waals surface area contributed by atoms with E-state index in [1.54, 1.807) is 0 Å². The van der Waals surface area contributed by atoms with Crippen LogP contribution in [0.25, 0.3) is 0 Å². The Kier molecular flexibility index (Phi) is 7.49. The fourth-order valence-corrected chi connectivity index (χ4v) is 2.26. The number of rotatable bonds is 7. The lowest BCUT2D eigenvalue weighted by Crippen LogP contribution is -2.46. The van der Waals surface area contributed by atoms with Gasteiger partial charge in [0.15, 0.2) is 0 Å². The molecule has 0 N–H and O–H groups in total. The van der Waals surface area contributed by atoms with E-state index in [0.29, 0.717) is 0 Å². The second-order valence-corrected chi connectivity index (χ2v) is 4.91. The first-order valence-electron chi connectivity index (χ1n) is 6.42. The molecule has 1 aliphatic heterocycles. The molecule has 1 heterocycles. The van der Waals surface area contributed by atoms with Crippen LogP contribution in [0.3, 0.4) is 0 Å². The smallest absolute Gasteiger partial charge is 0.0110 e. The molecule has 0 bridgehead atoms.